The number of rotatable bonds is 6. The van der Waals surface area contributed by atoms with E-state index in [-0.39, 0.29) is 16.7 Å². The molecular formula is C15H17ClF2O2. The van der Waals surface area contributed by atoms with Gasteiger partial charge < -0.3 is 4.74 Å². The molecule has 0 heterocycles. The number of carbonyl (C=O) groups is 1. The van der Waals surface area contributed by atoms with Crippen LogP contribution in [0.1, 0.15) is 37.7 Å². The number of aryl methyl sites for hydroxylation is 1. The van der Waals surface area contributed by atoms with Gasteiger partial charge in [-0.25, -0.2) is 0 Å². The molecule has 110 valence electrons. The number of Topliss-reactive ketones (excluding diaryl/α,β-unsaturated/α-hetero) is 1. The first-order valence-corrected chi connectivity index (χ1v) is 7.20. The lowest BCUT2D eigenvalue weighted by atomic mass is 9.97. The maximum atomic E-state index is 12.1. The molecule has 20 heavy (non-hydrogen) atoms. The van der Waals surface area contributed by atoms with Crippen molar-refractivity contribution in [2.45, 2.75) is 45.1 Å². The quantitative estimate of drug-likeness (QED) is 0.765. The van der Waals surface area contributed by atoms with Crippen molar-refractivity contribution in [3.05, 3.63) is 28.8 Å². The second-order valence-electron chi connectivity index (χ2n) is 5.09. The van der Waals surface area contributed by atoms with Crippen molar-refractivity contribution >= 4 is 17.4 Å². The number of hydrogen-bond acceptors (Lipinski definition) is 2. The van der Waals surface area contributed by atoms with Gasteiger partial charge in [0, 0.05) is 12.3 Å². The minimum Gasteiger partial charge on any atom is -0.433 e. The highest BCUT2D eigenvalue weighted by Gasteiger charge is 2.22. The summed E-state index contributed by atoms with van der Waals surface area (Å²) in [5, 5.41) is 0.149. The van der Waals surface area contributed by atoms with Gasteiger partial charge in [-0.05, 0) is 37.0 Å². The summed E-state index contributed by atoms with van der Waals surface area (Å²) in [6.45, 7) is -2.89. The van der Waals surface area contributed by atoms with Gasteiger partial charge in [-0.15, -0.1) is 0 Å². The Morgan fingerprint density at radius 1 is 1.35 bits per heavy atom. The number of hydrogen-bond donors (Lipinski definition) is 0. The number of carbonyl (C=O) groups excluding carboxylic acids is 1. The van der Waals surface area contributed by atoms with Crippen molar-refractivity contribution in [1.82, 2.24) is 0 Å². The fraction of sp³-hybridized carbons (Fsp3) is 0.533. The molecule has 1 aliphatic carbocycles. The van der Waals surface area contributed by atoms with Gasteiger partial charge in [-0.1, -0.05) is 30.5 Å². The summed E-state index contributed by atoms with van der Waals surface area (Å²) in [6, 6.07) is 4.68. The summed E-state index contributed by atoms with van der Waals surface area (Å²) in [6.07, 6.45) is 5.35. The van der Waals surface area contributed by atoms with Crippen LogP contribution in [0, 0.1) is 5.92 Å². The molecule has 0 radical (unpaired) electrons. The predicted molar refractivity (Wildman–Crippen MR) is 73.4 cm³/mol. The lowest BCUT2D eigenvalue weighted by molar-refractivity contribution is -0.122. The van der Waals surface area contributed by atoms with Gasteiger partial charge in [0.25, 0.3) is 0 Å². The van der Waals surface area contributed by atoms with Crippen molar-refractivity contribution in [2.75, 3.05) is 0 Å². The Bertz CT molecular complexity index is 471. The van der Waals surface area contributed by atoms with Crippen LogP contribution in [0.3, 0.4) is 0 Å². The van der Waals surface area contributed by atoms with Gasteiger partial charge in [0.2, 0.25) is 0 Å². The Balaban J connectivity index is 1.89. The lowest BCUT2D eigenvalue weighted by Crippen LogP contribution is -2.11. The lowest BCUT2D eigenvalue weighted by Gasteiger charge is -2.10. The van der Waals surface area contributed by atoms with E-state index >= 15 is 0 Å². The van der Waals surface area contributed by atoms with E-state index in [0.29, 0.717) is 18.6 Å². The molecule has 0 atom stereocenters. The molecule has 1 aromatic rings. The van der Waals surface area contributed by atoms with E-state index in [1.165, 1.54) is 6.07 Å². The Hall–Kier alpha value is -1.16. The van der Waals surface area contributed by atoms with Crippen LogP contribution in [0.15, 0.2) is 18.2 Å². The zero-order valence-corrected chi connectivity index (χ0v) is 11.8. The van der Waals surface area contributed by atoms with Gasteiger partial charge in [0.1, 0.15) is 11.5 Å². The van der Waals surface area contributed by atoms with Crippen LogP contribution in [0.5, 0.6) is 5.75 Å². The molecule has 0 N–H and O–H groups in total. The molecule has 1 fully saturated rings. The van der Waals surface area contributed by atoms with E-state index in [2.05, 4.69) is 4.74 Å². The Morgan fingerprint density at radius 3 is 2.65 bits per heavy atom. The smallest absolute Gasteiger partial charge is 0.387 e. The molecule has 1 aromatic carbocycles. The van der Waals surface area contributed by atoms with Crippen LogP contribution in [-0.2, 0) is 11.2 Å². The molecule has 0 spiro atoms. The minimum absolute atomic E-state index is 0.0347. The van der Waals surface area contributed by atoms with Gasteiger partial charge >= 0.3 is 6.61 Å². The fourth-order valence-corrected chi connectivity index (χ4v) is 2.86. The van der Waals surface area contributed by atoms with Gasteiger partial charge in [0.05, 0.1) is 5.02 Å². The van der Waals surface area contributed by atoms with E-state index < -0.39 is 6.61 Å². The molecule has 5 heteroatoms. The Morgan fingerprint density at radius 2 is 2.05 bits per heavy atom. The van der Waals surface area contributed by atoms with Crippen molar-refractivity contribution in [1.29, 1.82) is 0 Å². The standard InChI is InChI=1S/C15H17ClF2O2/c16-12-9-10(6-8-14(12)20-15(17)18)5-7-13(19)11-3-1-2-4-11/h6,8-9,11,15H,1-5,7H2. The molecule has 0 amide bonds. The maximum absolute atomic E-state index is 12.1. The summed E-state index contributed by atoms with van der Waals surface area (Å²) in [7, 11) is 0. The second-order valence-corrected chi connectivity index (χ2v) is 5.50. The third kappa shape index (κ3) is 4.17. The number of alkyl halides is 2. The Labute approximate surface area is 122 Å². The van der Waals surface area contributed by atoms with Crippen molar-refractivity contribution < 1.29 is 18.3 Å². The number of ether oxygens (including phenoxy) is 1. The normalized spacial score (nSPS) is 15.8. The van der Waals surface area contributed by atoms with Crippen LogP contribution in [0.4, 0.5) is 8.78 Å². The molecule has 0 saturated heterocycles. The van der Waals surface area contributed by atoms with Crippen LogP contribution in [-0.4, -0.2) is 12.4 Å². The molecule has 2 rings (SSSR count). The van der Waals surface area contributed by atoms with Gasteiger partial charge in [-0.2, -0.15) is 8.78 Å². The van der Waals surface area contributed by atoms with Crippen LogP contribution in [0.2, 0.25) is 5.02 Å². The average molecular weight is 303 g/mol. The van der Waals surface area contributed by atoms with E-state index in [0.717, 1.165) is 31.2 Å². The largest absolute Gasteiger partial charge is 0.433 e. The first kappa shape index (κ1) is 15.2. The minimum atomic E-state index is -2.89. The zero-order valence-electron chi connectivity index (χ0n) is 11.1. The number of halogens is 3. The second kappa shape index (κ2) is 7.02. The fourth-order valence-electron chi connectivity index (χ4n) is 2.61. The topological polar surface area (TPSA) is 26.3 Å². The summed E-state index contributed by atoms with van der Waals surface area (Å²) in [5.41, 5.74) is 0.864. The van der Waals surface area contributed by atoms with Crippen LogP contribution < -0.4 is 4.74 Å². The molecule has 1 saturated carbocycles. The van der Waals surface area contributed by atoms with Gasteiger partial charge in [-0.3, -0.25) is 4.79 Å². The molecule has 0 aliphatic heterocycles. The first-order valence-electron chi connectivity index (χ1n) is 6.82. The van der Waals surface area contributed by atoms with E-state index in [4.69, 9.17) is 11.6 Å². The average Bonchev–Trinajstić information content (AvgIpc) is 2.92. The van der Waals surface area contributed by atoms with E-state index in [1.807, 2.05) is 0 Å². The third-order valence-electron chi connectivity index (χ3n) is 3.68. The van der Waals surface area contributed by atoms with Crippen molar-refractivity contribution in [3.63, 3.8) is 0 Å². The summed E-state index contributed by atoms with van der Waals surface area (Å²) in [5.74, 6) is 0.478. The van der Waals surface area contributed by atoms with Crippen molar-refractivity contribution in [2.24, 2.45) is 5.92 Å². The summed E-state index contributed by atoms with van der Waals surface area (Å²) < 4.78 is 28.5. The molecule has 2 nitrogen and oxygen atoms in total. The van der Waals surface area contributed by atoms with Crippen LogP contribution >= 0.6 is 11.6 Å². The highest BCUT2D eigenvalue weighted by molar-refractivity contribution is 6.32. The zero-order chi connectivity index (χ0) is 14.5. The third-order valence-corrected chi connectivity index (χ3v) is 3.98. The molecule has 0 unspecified atom stereocenters. The Kier molecular flexibility index (Phi) is 5.35. The number of benzene rings is 1. The summed E-state index contributed by atoms with van der Waals surface area (Å²) in [4.78, 5) is 12.0. The molecule has 0 bridgehead atoms. The first-order chi connectivity index (χ1) is 9.56. The van der Waals surface area contributed by atoms with E-state index in [9.17, 15) is 13.6 Å². The van der Waals surface area contributed by atoms with Crippen molar-refractivity contribution in [3.8, 4) is 5.75 Å². The predicted octanol–water partition coefficient (Wildman–Crippen LogP) is 4.63. The maximum Gasteiger partial charge on any atom is 0.387 e. The molecule has 1 aliphatic rings. The number of ketones is 1. The highest BCUT2D eigenvalue weighted by Crippen LogP contribution is 2.29. The monoisotopic (exact) mass is 302 g/mol. The van der Waals surface area contributed by atoms with Gasteiger partial charge in [0.15, 0.2) is 0 Å². The van der Waals surface area contributed by atoms with Crippen LogP contribution in [0.25, 0.3) is 0 Å². The molecular weight excluding hydrogens is 286 g/mol. The molecule has 0 aromatic heterocycles. The van der Waals surface area contributed by atoms with E-state index in [1.54, 1.807) is 12.1 Å². The SMILES string of the molecule is O=C(CCc1ccc(OC(F)F)c(Cl)c1)C1CCCC1. The summed E-state index contributed by atoms with van der Waals surface area (Å²) >= 11 is 5.87. The highest BCUT2D eigenvalue weighted by atomic mass is 35.5.